The van der Waals surface area contributed by atoms with Crippen LogP contribution in [-0.4, -0.2) is 70.9 Å². The fourth-order valence-corrected chi connectivity index (χ4v) is 5.32. The van der Waals surface area contributed by atoms with E-state index in [-0.39, 0.29) is 27.8 Å². The first-order chi connectivity index (χ1) is 21.9. The van der Waals surface area contributed by atoms with Crippen LogP contribution in [0.5, 0.6) is 0 Å². The van der Waals surface area contributed by atoms with Crippen molar-refractivity contribution in [2.45, 2.75) is 13.1 Å². The molecule has 46 heavy (non-hydrogen) atoms. The van der Waals surface area contributed by atoms with Crippen molar-refractivity contribution in [2.75, 3.05) is 52.6 Å². The van der Waals surface area contributed by atoms with Gasteiger partial charge in [-0.05, 0) is 55.6 Å². The van der Waals surface area contributed by atoms with Crippen molar-refractivity contribution in [3.8, 4) is 10.4 Å². The van der Waals surface area contributed by atoms with Gasteiger partial charge in [0.15, 0.2) is 12.2 Å². The van der Waals surface area contributed by atoms with Crippen LogP contribution < -0.4 is 27.2 Å². The molecule has 0 aliphatic carbocycles. The molecule has 0 saturated heterocycles. The predicted octanol–water partition coefficient (Wildman–Crippen LogP) is 4.21. The summed E-state index contributed by atoms with van der Waals surface area (Å²) >= 11 is 1.18. The minimum atomic E-state index is -0.828. The number of ether oxygens (including phenoxy) is 1. The zero-order chi connectivity index (χ0) is 34.4. The van der Waals surface area contributed by atoms with E-state index in [0.717, 1.165) is 38.1 Å². The highest BCUT2D eigenvalue weighted by Crippen LogP contribution is 2.43. The Labute approximate surface area is 270 Å². The number of hydroxylamine groups is 1. The molecule has 0 radical (unpaired) electrons. The molecular weight excluding hydrogens is 620 g/mol. The summed E-state index contributed by atoms with van der Waals surface area (Å²) in [5.74, 6) is -1.62. The number of rotatable bonds is 13. The highest BCUT2D eigenvalue weighted by atomic mass is 32.1. The van der Waals surface area contributed by atoms with Gasteiger partial charge in [-0.25, -0.2) is 19.1 Å². The van der Waals surface area contributed by atoms with E-state index in [1.807, 2.05) is 55.8 Å². The molecule has 3 amide bonds. The number of aldehydes is 1. The van der Waals surface area contributed by atoms with Crippen LogP contribution in [0.1, 0.15) is 21.5 Å². The Kier molecular flexibility index (Phi) is 14.6. The maximum atomic E-state index is 14.8. The molecule has 3 aromatic rings. The topological polar surface area (TPSA) is 155 Å². The zero-order valence-corrected chi connectivity index (χ0v) is 27.3. The highest BCUT2D eigenvalue weighted by molar-refractivity contribution is 7.20. The van der Waals surface area contributed by atoms with E-state index in [9.17, 15) is 18.4 Å². The Morgan fingerprint density at radius 1 is 0.957 bits per heavy atom. The number of benzene rings is 2. The van der Waals surface area contributed by atoms with Gasteiger partial charge in [-0.15, -0.1) is 11.3 Å². The second-order valence-corrected chi connectivity index (χ2v) is 10.7. The number of nitrogens with one attached hydrogen (secondary N) is 2. The summed E-state index contributed by atoms with van der Waals surface area (Å²) in [7, 11) is 9.67. The van der Waals surface area contributed by atoms with E-state index in [0.29, 0.717) is 24.8 Å². The van der Waals surface area contributed by atoms with Crippen LogP contribution in [0.3, 0.4) is 0 Å². The largest absolute Gasteiger partial charge is 0.483 e. The van der Waals surface area contributed by atoms with Gasteiger partial charge in [0.05, 0.1) is 26.3 Å². The summed E-state index contributed by atoms with van der Waals surface area (Å²) in [4.78, 5) is 44.7. The molecule has 1 heterocycles. The normalized spacial score (nSPS) is 11.3. The fraction of sp³-hybridized carbons (Fsp3) is 0.258. The molecule has 6 N–H and O–H groups in total. The molecule has 0 aliphatic rings. The molecule has 0 aliphatic heterocycles. The number of nitrogens with two attached hydrogens (primary N) is 2. The van der Waals surface area contributed by atoms with Crippen LogP contribution in [0.15, 0.2) is 66.3 Å². The van der Waals surface area contributed by atoms with Crippen molar-refractivity contribution in [1.82, 2.24) is 15.3 Å². The lowest BCUT2D eigenvalue weighted by atomic mass is 10.0. The Morgan fingerprint density at radius 2 is 1.59 bits per heavy atom. The van der Waals surface area contributed by atoms with E-state index in [2.05, 4.69) is 10.2 Å². The quantitative estimate of drug-likeness (QED) is 0.0914. The molecule has 0 fully saturated rings. The minimum absolute atomic E-state index is 0.0189. The van der Waals surface area contributed by atoms with E-state index in [4.69, 9.17) is 21.0 Å². The molecule has 0 unspecified atom stereocenters. The van der Waals surface area contributed by atoms with E-state index in [1.165, 1.54) is 50.8 Å². The SMILES string of the molecule is CNc1ccc(-c2sc(N(Cc3c(F)cccc3F)C(=O)N(C)/C(N)=C/C=C(\N)OC)c(C=O)c2CN(C)C)cc1.CONC=O. The molecule has 0 bridgehead atoms. The van der Waals surface area contributed by atoms with Gasteiger partial charge in [0.2, 0.25) is 6.41 Å². The Balaban J connectivity index is 0.00000136. The van der Waals surface area contributed by atoms with Crippen LogP contribution in [0.4, 0.5) is 24.3 Å². The van der Waals surface area contributed by atoms with Gasteiger partial charge >= 0.3 is 6.03 Å². The summed E-state index contributed by atoms with van der Waals surface area (Å²) in [5, 5.41) is 3.29. The third-order valence-corrected chi connectivity index (χ3v) is 7.72. The third-order valence-electron chi connectivity index (χ3n) is 6.40. The predicted molar refractivity (Wildman–Crippen MR) is 176 cm³/mol. The van der Waals surface area contributed by atoms with Gasteiger partial charge in [0.25, 0.3) is 0 Å². The van der Waals surface area contributed by atoms with Gasteiger partial charge in [-0.1, -0.05) is 18.2 Å². The Bertz CT molecular complexity index is 1520. The maximum Gasteiger partial charge on any atom is 0.330 e. The standard InChI is InChI=1S/C29H34F2N6O3S.C2H5NO2/c1-34-19-11-9-18(10-12-19)27-20(15-35(2)3)22(17-38)28(41-27)37(16-21-23(30)7-6-8-24(21)31)29(39)36(4)25(32)13-14-26(33)40-5;1-5-3-2-4/h6-14,17,34H,15-16,32-33H2,1-5H3;2H,1H3,(H,3,4)/b25-13+,26-14+;. The van der Waals surface area contributed by atoms with Crippen molar-refractivity contribution >= 4 is 40.8 Å². The number of amides is 3. The van der Waals surface area contributed by atoms with E-state index in [1.54, 1.807) is 0 Å². The van der Waals surface area contributed by atoms with Gasteiger partial charge in [-0.2, -0.15) is 0 Å². The number of thiophene rings is 1. The number of hydrogen-bond acceptors (Lipinski definition) is 10. The van der Waals surface area contributed by atoms with Crippen molar-refractivity contribution in [1.29, 1.82) is 0 Å². The van der Waals surface area contributed by atoms with Gasteiger partial charge in [0, 0.05) is 42.8 Å². The molecule has 0 atom stereocenters. The zero-order valence-electron chi connectivity index (χ0n) is 26.5. The molecule has 0 saturated carbocycles. The first kappa shape index (κ1) is 37.2. The number of urea groups is 1. The van der Waals surface area contributed by atoms with Gasteiger partial charge in [-0.3, -0.25) is 24.2 Å². The van der Waals surface area contributed by atoms with Gasteiger partial charge < -0.3 is 26.4 Å². The third kappa shape index (κ3) is 9.76. The maximum absolute atomic E-state index is 14.8. The number of hydrogen-bond donors (Lipinski definition) is 4. The van der Waals surface area contributed by atoms with Crippen LogP contribution in [0.2, 0.25) is 0 Å². The molecule has 15 heteroatoms. The Hall–Kier alpha value is -4.99. The van der Waals surface area contributed by atoms with Gasteiger partial charge in [0.1, 0.15) is 22.5 Å². The second kappa shape index (κ2) is 18.1. The lowest BCUT2D eigenvalue weighted by molar-refractivity contribution is -0.118. The van der Waals surface area contributed by atoms with Crippen LogP contribution in [0.25, 0.3) is 10.4 Å². The summed E-state index contributed by atoms with van der Waals surface area (Å²) in [6.07, 6.45) is 3.85. The molecule has 3 rings (SSSR count). The summed E-state index contributed by atoms with van der Waals surface area (Å²) in [6.45, 7) is -0.116. The minimum Gasteiger partial charge on any atom is -0.483 e. The summed E-state index contributed by atoms with van der Waals surface area (Å²) in [6, 6.07) is 10.3. The number of nitrogens with zero attached hydrogens (tertiary/aromatic N) is 3. The molecule has 0 spiro atoms. The first-order valence-electron chi connectivity index (χ1n) is 13.6. The highest BCUT2D eigenvalue weighted by Gasteiger charge is 2.30. The van der Waals surface area contributed by atoms with Crippen LogP contribution in [-0.2, 0) is 27.5 Å². The summed E-state index contributed by atoms with van der Waals surface area (Å²) in [5.41, 5.74) is 16.0. The Morgan fingerprint density at radius 3 is 2.07 bits per heavy atom. The smallest absolute Gasteiger partial charge is 0.330 e. The molecule has 2 aromatic carbocycles. The number of methoxy groups -OCH3 is 1. The fourth-order valence-electron chi connectivity index (χ4n) is 4.04. The number of carbonyl (C=O) groups is 3. The number of halogens is 2. The summed E-state index contributed by atoms with van der Waals surface area (Å²) < 4.78 is 34.6. The lowest BCUT2D eigenvalue weighted by Gasteiger charge is -2.28. The monoisotopic (exact) mass is 659 g/mol. The number of allylic oxidation sites excluding steroid dienone is 2. The van der Waals surface area contributed by atoms with Crippen molar-refractivity contribution in [3.63, 3.8) is 0 Å². The second-order valence-electron chi connectivity index (χ2n) is 9.74. The average Bonchev–Trinajstić information content (AvgIpc) is 3.40. The van der Waals surface area contributed by atoms with Crippen LogP contribution in [0, 0.1) is 11.6 Å². The van der Waals surface area contributed by atoms with Crippen LogP contribution >= 0.6 is 11.3 Å². The molecule has 1 aromatic heterocycles. The molecular formula is C31H39F2N7O5S. The van der Waals surface area contributed by atoms with Crippen molar-refractivity contribution in [3.05, 3.63) is 94.6 Å². The molecule has 248 valence electrons. The molecule has 12 nitrogen and oxygen atoms in total. The average molecular weight is 660 g/mol. The number of anilines is 2. The van der Waals surface area contributed by atoms with E-state index >= 15 is 0 Å². The van der Waals surface area contributed by atoms with E-state index < -0.39 is 24.2 Å². The lowest BCUT2D eigenvalue weighted by Crippen LogP contribution is -2.42. The number of carbonyl (C=O) groups excluding carboxylic acids is 3. The van der Waals surface area contributed by atoms with Crippen molar-refractivity contribution < 1.29 is 32.7 Å². The van der Waals surface area contributed by atoms with Crippen molar-refractivity contribution in [2.24, 2.45) is 11.5 Å². The first-order valence-corrected chi connectivity index (χ1v) is 14.5.